The number of carbonyl (C=O) groups excluding carboxylic acids is 1. The SMILES string of the molecule is CN(C)c1cc(N2CCN(C(=O)c3ccccc3)CC2)ccc1[N+](=O)[O-]. The molecule has 1 saturated heterocycles. The first-order valence-electron chi connectivity index (χ1n) is 8.52. The number of piperazine rings is 1. The lowest BCUT2D eigenvalue weighted by Crippen LogP contribution is -2.48. The lowest BCUT2D eigenvalue weighted by atomic mass is 10.1. The van der Waals surface area contributed by atoms with E-state index < -0.39 is 0 Å². The summed E-state index contributed by atoms with van der Waals surface area (Å²) in [5.41, 5.74) is 2.31. The Morgan fingerprint density at radius 2 is 1.69 bits per heavy atom. The molecule has 1 amide bonds. The van der Waals surface area contributed by atoms with Crippen LogP contribution in [0.1, 0.15) is 10.4 Å². The Morgan fingerprint density at radius 1 is 1.04 bits per heavy atom. The second-order valence-corrected chi connectivity index (χ2v) is 6.47. The molecule has 1 aliphatic rings. The molecule has 0 atom stereocenters. The normalized spacial score (nSPS) is 14.2. The minimum Gasteiger partial charge on any atom is -0.372 e. The van der Waals surface area contributed by atoms with E-state index in [9.17, 15) is 14.9 Å². The zero-order chi connectivity index (χ0) is 18.7. The summed E-state index contributed by atoms with van der Waals surface area (Å²) in [6.45, 7) is 2.65. The number of amides is 1. The fourth-order valence-electron chi connectivity index (χ4n) is 3.15. The average Bonchev–Trinajstić information content (AvgIpc) is 2.67. The van der Waals surface area contributed by atoms with Crippen molar-refractivity contribution < 1.29 is 9.72 Å². The van der Waals surface area contributed by atoms with Crippen LogP contribution in [-0.4, -0.2) is 56.0 Å². The lowest BCUT2D eigenvalue weighted by molar-refractivity contribution is -0.384. The maximum Gasteiger partial charge on any atom is 0.292 e. The summed E-state index contributed by atoms with van der Waals surface area (Å²) >= 11 is 0. The fourth-order valence-corrected chi connectivity index (χ4v) is 3.15. The zero-order valence-electron chi connectivity index (χ0n) is 15.0. The van der Waals surface area contributed by atoms with Crippen LogP contribution in [0.4, 0.5) is 17.1 Å². The number of hydrogen-bond acceptors (Lipinski definition) is 5. The minimum absolute atomic E-state index is 0.0444. The van der Waals surface area contributed by atoms with Crippen molar-refractivity contribution in [1.82, 2.24) is 4.90 Å². The summed E-state index contributed by atoms with van der Waals surface area (Å²) in [7, 11) is 3.59. The van der Waals surface area contributed by atoms with Gasteiger partial charge in [-0.05, 0) is 24.3 Å². The molecule has 136 valence electrons. The Morgan fingerprint density at radius 3 is 2.27 bits per heavy atom. The number of benzene rings is 2. The molecule has 7 heteroatoms. The highest BCUT2D eigenvalue weighted by molar-refractivity contribution is 5.94. The van der Waals surface area contributed by atoms with Gasteiger partial charge in [0, 0.05) is 57.6 Å². The monoisotopic (exact) mass is 354 g/mol. The van der Waals surface area contributed by atoms with Crippen LogP contribution in [-0.2, 0) is 0 Å². The van der Waals surface area contributed by atoms with E-state index in [1.165, 1.54) is 0 Å². The molecule has 0 bridgehead atoms. The molecular weight excluding hydrogens is 332 g/mol. The summed E-state index contributed by atoms with van der Waals surface area (Å²) in [6, 6.07) is 14.4. The van der Waals surface area contributed by atoms with Crippen molar-refractivity contribution in [2.75, 3.05) is 50.1 Å². The van der Waals surface area contributed by atoms with Crippen LogP contribution in [0.25, 0.3) is 0 Å². The molecule has 1 aliphatic heterocycles. The number of nitrogens with zero attached hydrogens (tertiary/aromatic N) is 4. The van der Waals surface area contributed by atoms with E-state index in [-0.39, 0.29) is 16.5 Å². The molecule has 1 fully saturated rings. The molecule has 0 N–H and O–H groups in total. The molecule has 1 heterocycles. The van der Waals surface area contributed by atoms with Crippen molar-refractivity contribution in [1.29, 1.82) is 0 Å². The van der Waals surface area contributed by atoms with Crippen LogP contribution in [0, 0.1) is 10.1 Å². The van der Waals surface area contributed by atoms with Crippen LogP contribution < -0.4 is 9.80 Å². The van der Waals surface area contributed by atoms with E-state index in [0.717, 1.165) is 5.69 Å². The summed E-state index contributed by atoms with van der Waals surface area (Å²) < 4.78 is 0. The Hall–Kier alpha value is -3.09. The fraction of sp³-hybridized carbons (Fsp3) is 0.316. The number of carbonyl (C=O) groups is 1. The van der Waals surface area contributed by atoms with Gasteiger partial charge in [-0.25, -0.2) is 0 Å². The summed E-state index contributed by atoms with van der Waals surface area (Å²) in [4.78, 5) is 29.1. The topological polar surface area (TPSA) is 69.9 Å². The van der Waals surface area contributed by atoms with Gasteiger partial charge < -0.3 is 14.7 Å². The molecule has 0 radical (unpaired) electrons. The highest BCUT2D eigenvalue weighted by Crippen LogP contribution is 2.31. The predicted octanol–water partition coefficient (Wildman–Crippen LogP) is 2.62. The molecule has 0 unspecified atom stereocenters. The van der Waals surface area contributed by atoms with Crippen LogP contribution >= 0.6 is 0 Å². The highest BCUT2D eigenvalue weighted by atomic mass is 16.6. The van der Waals surface area contributed by atoms with Crippen molar-refractivity contribution in [2.45, 2.75) is 0 Å². The predicted molar refractivity (Wildman–Crippen MR) is 102 cm³/mol. The molecule has 2 aromatic rings. The first-order chi connectivity index (χ1) is 12.5. The van der Waals surface area contributed by atoms with Crippen molar-refractivity contribution >= 4 is 23.0 Å². The Bertz CT molecular complexity index is 800. The van der Waals surface area contributed by atoms with Gasteiger partial charge >= 0.3 is 0 Å². The standard InChI is InChI=1S/C19H22N4O3/c1-20(2)18-14-16(8-9-17(18)23(25)26)21-10-12-22(13-11-21)19(24)15-6-4-3-5-7-15/h3-9,14H,10-13H2,1-2H3. The van der Waals surface area contributed by atoms with Crippen molar-refractivity contribution in [3.05, 3.63) is 64.2 Å². The van der Waals surface area contributed by atoms with E-state index in [1.807, 2.05) is 41.3 Å². The second kappa shape index (κ2) is 7.43. The van der Waals surface area contributed by atoms with E-state index in [4.69, 9.17) is 0 Å². The van der Waals surface area contributed by atoms with Gasteiger partial charge in [0.05, 0.1) is 4.92 Å². The molecule has 2 aromatic carbocycles. The molecule has 0 aliphatic carbocycles. The van der Waals surface area contributed by atoms with Crippen LogP contribution in [0.15, 0.2) is 48.5 Å². The number of hydrogen-bond donors (Lipinski definition) is 0. The van der Waals surface area contributed by atoms with E-state index in [0.29, 0.717) is 37.4 Å². The van der Waals surface area contributed by atoms with E-state index in [2.05, 4.69) is 4.90 Å². The van der Waals surface area contributed by atoms with E-state index >= 15 is 0 Å². The molecule has 0 aromatic heterocycles. The number of anilines is 2. The van der Waals surface area contributed by atoms with Gasteiger partial charge in [0.2, 0.25) is 0 Å². The molecule has 0 saturated carbocycles. The third kappa shape index (κ3) is 3.61. The number of rotatable bonds is 4. The molecule has 7 nitrogen and oxygen atoms in total. The number of nitro groups is 1. The number of nitro benzene ring substituents is 1. The lowest BCUT2D eigenvalue weighted by Gasteiger charge is -2.36. The first-order valence-corrected chi connectivity index (χ1v) is 8.52. The minimum atomic E-state index is -0.365. The van der Waals surface area contributed by atoms with Gasteiger partial charge in [0.15, 0.2) is 0 Å². The maximum atomic E-state index is 12.5. The molecule has 0 spiro atoms. The zero-order valence-corrected chi connectivity index (χ0v) is 15.0. The quantitative estimate of drug-likeness (QED) is 0.624. The largest absolute Gasteiger partial charge is 0.372 e. The van der Waals surface area contributed by atoms with Gasteiger partial charge in [-0.2, -0.15) is 0 Å². The maximum absolute atomic E-state index is 12.5. The van der Waals surface area contributed by atoms with Gasteiger partial charge in [-0.15, -0.1) is 0 Å². The molecular formula is C19H22N4O3. The van der Waals surface area contributed by atoms with Gasteiger partial charge in [0.1, 0.15) is 5.69 Å². The van der Waals surface area contributed by atoms with Crippen LogP contribution in [0.3, 0.4) is 0 Å². The van der Waals surface area contributed by atoms with Crippen molar-refractivity contribution in [2.24, 2.45) is 0 Å². The Labute approximate surface area is 152 Å². The summed E-state index contributed by atoms with van der Waals surface area (Å²) in [5.74, 6) is 0.0444. The van der Waals surface area contributed by atoms with Crippen LogP contribution in [0.2, 0.25) is 0 Å². The Balaban J connectivity index is 1.71. The molecule has 26 heavy (non-hydrogen) atoms. The van der Waals surface area contributed by atoms with E-state index in [1.54, 1.807) is 31.1 Å². The Kier molecular flexibility index (Phi) is 5.06. The summed E-state index contributed by atoms with van der Waals surface area (Å²) in [6.07, 6.45) is 0. The van der Waals surface area contributed by atoms with Gasteiger partial charge in [-0.3, -0.25) is 14.9 Å². The highest BCUT2D eigenvalue weighted by Gasteiger charge is 2.24. The van der Waals surface area contributed by atoms with Crippen molar-refractivity contribution in [3.63, 3.8) is 0 Å². The van der Waals surface area contributed by atoms with Gasteiger partial charge in [-0.1, -0.05) is 18.2 Å². The second-order valence-electron chi connectivity index (χ2n) is 6.47. The van der Waals surface area contributed by atoms with Gasteiger partial charge in [0.25, 0.3) is 11.6 Å². The van der Waals surface area contributed by atoms with Crippen LogP contribution in [0.5, 0.6) is 0 Å². The molecule has 3 rings (SSSR count). The summed E-state index contributed by atoms with van der Waals surface area (Å²) in [5, 5.41) is 11.2. The van der Waals surface area contributed by atoms with Crippen molar-refractivity contribution in [3.8, 4) is 0 Å². The first kappa shape index (κ1) is 17.7. The smallest absolute Gasteiger partial charge is 0.292 e. The average molecular weight is 354 g/mol. The third-order valence-electron chi connectivity index (χ3n) is 4.59. The third-order valence-corrected chi connectivity index (χ3v) is 4.59.